The minimum Gasteiger partial charge on any atom is -0.466 e. The molecule has 4 rings (SSSR count). The fourth-order valence-electron chi connectivity index (χ4n) is 5.44. The van der Waals surface area contributed by atoms with Gasteiger partial charge < -0.3 is 24.8 Å². The topological polar surface area (TPSA) is 105 Å². The van der Waals surface area contributed by atoms with Gasteiger partial charge in [0.2, 0.25) is 11.8 Å². The Morgan fingerprint density at radius 2 is 2.19 bits per heavy atom. The SMILES string of the molecule is CCOC(=O)[C@@H]1[C@@H]2CC[C@]3(O2)[C@H](C(=O)Nc2c(C)cccc2Cl)N([C@H](C)CO)C(=O)[C@@H]13. The van der Waals surface area contributed by atoms with Gasteiger partial charge in [0.25, 0.3) is 0 Å². The number of hydrogen-bond acceptors (Lipinski definition) is 6. The number of esters is 1. The highest BCUT2D eigenvalue weighted by atomic mass is 35.5. The molecule has 0 saturated carbocycles. The number of hydrogen-bond donors (Lipinski definition) is 2. The molecule has 3 aliphatic heterocycles. The van der Waals surface area contributed by atoms with E-state index in [4.69, 9.17) is 21.1 Å². The average molecular weight is 451 g/mol. The van der Waals surface area contributed by atoms with Crippen molar-refractivity contribution in [1.29, 1.82) is 0 Å². The maximum Gasteiger partial charge on any atom is 0.312 e. The molecule has 9 heteroatoms. The molecule has 2 bridgehead atoms. The third kappa shape index (κ3) is 3.23. The van der Waals surface area contributed by atoms with Crippen LogP contribution in [0.5, 0.6) is 0 Å². The van der Waals surface area contributed by atoms with Crippen molar-refractivity contribution in [2.75, 3.05) is 18.5 Å². The van der Waals surface area contributed by atoms with Crippen molar-refractivity contribution in [2.24, 2.45) is 11.8 Å². The van der Waals surface area contributed by atoms with E-state index in [0.29, 0.717) is 23.6 Å². The first-order valence-corrected chi connectivity index (χ1v) is 11.0. The van der Waals surface area contributed by atoms with Crippen LogP contribution >= 0.6 is 11.6 Å². The lowest BCUT2D eigenvalue weighted by Gasteiger charge is -2.35. The van der Waals surface area contributed by atoms with Gasteiger partial charge in [-0.05, 0) is 45.2 Å². The highest BCUT2D eigenvalue weighted by Crippen LogP contribution is 2.59. The van der Waals surface area contributed by atoms with Crippen LogP contribution in [0.4, 0.5) is 5.69 Å². The minimum absolute atomic E-state index is 0.197. The maximum absolute atomic E-state index is 13.6. The van der Waals surface area contributed by atoms with Crippen LogP contribution in [0.25, 0.3) is 0 Å². The van der Waals surface area contributed by atoms with Crippen LogP contribution in [0.2, 0.25) is 5.02 Å². The number of rotatable bonds is 6. The van der Waals surface area contributed by atoms with E-state index in [1.165, 1.54) is 4.90 Å². The van der Waals surface area contributed by atoms with Gasteiger partial charge in [-0.25, -0.2) is 0 Å². The van der Waals surface area contributed by atoms with Crippen molar-refractivity contribution in [3.05, 3.63) is 28.8 Å². The van der Waals surface area contributed by atoms with Gasteiger partial charge in [-0.3, -0.25) is 14.4 Å². The number of carbonyl (C=O) groups is 3. The molecule has 1 aromatic rings. The second-order valence-electron chi connectivity index (χ2n) is 8.51. The van der Waals surface area contributed by atoms with Crippen LogP contribution in [0.3, 0.4) is 0 Å². The summed E-state index contributed by atoms with van der Waals surface area (Å²) in [5.74, 6) is -2.86. The van der Waals surface area contributed by atoms with E-state index in [2.05, 4.69) is 5.32 Å². The number of anilines is 1. The zero-order valence-corrected chi connectivity index (χ0v) is 18.5. The summed E-state index contributed by atoms with van der Waals surface area (Å²) in [6.45, 7) is 5.08. The number of nitrogens with zero attached hydrogens (tertiary/aromatic N) is 1. The summed E-state index contributed by atoms with van der Waals surface area (Å²) in [6.07, 6.45) is 0.568. The highest BCUT2D eigenvalue weighted by Gasteiger charge is 2.75. The Bertz CT molecular complexity index is 903. The van der Waals surface area contributed by atoms with Crippen LogP contribution in [0.1, 0.15) is 32.3 Å². The quantitative estimate of drug-likeness (QED) is 0.641. The minimum atomic E-state index is -1.14. The summed E-state index contributed by atoms with van der Waals surface area (Å²) in [5.41, 5.74) is 0.108. The molecule has 168 valence electrons. The molecular formula is C22H27ClN2O6. The number of amides is 2. The van der Waals surface area contributed by atoms with E-state index in [1.54, 1.807) is 26.0 Å². The molecule has 3 saturated heterocycles. The first kappa shape index (κ1) is 22.0. The van der Waals surface area contributed by atoms with E-state index in [0.717, 1.165) is 5.56 Å². The Morgan fingerprint density at radius 3 is 2.84 bits per heavy atom. The lowest BCUT2D eigenvalue weighted by Crippen LogP contribution is -2.55. The number of aliphatic hydroxyl groups excluding tert-OH is 1. The zero-order chi connectivity index (χ0) is 22.5. The van der Waals surface area contributed by atoms with Gasteiger partial charge in [0.15, 0.2) is 0 Å². The molecule has 0 aliphatic carbocycles. The van der Waals surface area contributed by atoms with Crippen LogP contribution in [0, 0.1) is 18.8 Å². The van der Waals surface area contributed by atoms with Crippen molar-refractivity contribution in [3.63, 3.8) is 0 Å². The molecule has 3 heterocycles. The Labute approximate surface area is 185 Å². The van der Waals surface area contributed by atoms with Gasteiger partial charge in [-0.15, -0.1) is 0 Å². The number of ether oxygens (including phenoxy) is 2. The largest absolute Gasteiger partial charge is 0.466 e. The number of halogens is 1. The summed E-state index contributed by atoms with van der Waals surface area (Å²) >= 11 is 6.30. The third-order valence-electron chi connectivity index (χ3n) is 6.75. The number of likely N-dealkylation sites (tertiary alicyclic amines) is 1. The molecule has 31 heavy (non-hydrogen) atoms. The molecular weight excluding hydrogens is 424 g/mol. The number of carbonyl (C=O) groups excluding carboxylic acids is 3. The lowest BCUT2D eigenvalue weighted by molar-refractivity contribution is -0.155. The molecule has 8 nitrogen and oxygen atoms in total. The number of nitrogens with one attached hydrogen (secondary N) is 1. The monoisotopic (exact) mass is 450 g/mol. The predicted octanol–water partition coefficient (Wildman–Crippen LogP) is 1.91. The molecule has 0 unspecified atom stereocenters. The Morgan fingerprint density at radius 1 is 1.45 bits per heavy atom. The van der Waals surface area contributed by atoms with Gasteiger partial charge in [0.05, 0.1) is 47.9 Å². The van der Waals surface area contributed by atoms with Gasteiger partial charge in [-0.1, -0.05) is 23.7 Å². The summed E-state index contributed by atoms with van der Waals surface area (Å²) in [5, 5.41) is 13.1. The van der Waals surface area contributed by atoms with Crippen LogP contribution in [-0.2, 0) is 23.9 Å². The Hall–Kier alpha value is -2.16. The molecule has 6 atom stereocenters. The third-order valence-corrected chi connectivity index (χ3v) is 7.07. The fourth-order valence-corrected chi connectivity index (χ4v) is 5.71. The van der Waals surface area contributed by atoms with E-state index in [-0.39, 0.29) is 19.1 Å². The number of aliphatic hydroxyl groups is 1. The lowest BCUT2D eigenvalue weighted by atomic mass is 9.70. The van der Waals surface area contributed by atoms with Crippen LogP contribution < -0.4 is 5.32 Å². The van der Waals surface area contributed by atoms with Crippen LogP contribution in [0.15, 0.2) is 18.2 Å². The van der Waals surface area contributed by atoms with Gasteiger partial charge >= 0.3 is 5.97 Å². The van der Waals surface area contributed by atoms with Crippen molar-refractivity contribution in [2.45, 2.75) is 57.4 Å². The second-order valence-corrected chi connectivity index (χ2v) is 8.91. The zero-order valence-electron chi connectivity index (χ0n) is 17.8. The molecule has 3 aliphatic rings. The molecule has 2 amide bonds. The molecule has 0 aromatic heterocycles. The molecule has 3 fully saturated rings. The molecule has 1 spiro atoms. The molecule has 2 N–H and O–H groups in total. The number of fused-ring (bicyclic) bond motifs is 1. The second kappa shape index (κ2) is 8.07. The van der Waals surface area contributed by atoms with Gasteiger partial charge in [0, 0.05) is 0 Å². The summed E-state index contributed by atoms with van der Waals surface area (Å²) in [7, 11) is 0. The van der Waals surface area contributed by atoms with E-state index < -0.39 is 47.5 Å². The Balaban J connectivity index is 1.74. The smallest absolute Gasteiger partial charge is 0.312 e. The van der Waals surface area contributed by atoms with Crippen molar-refractivity contribution in [1.82, 2.24) is 4.90 Å². The fraction of sp³-hybridized carbons (Fsp3) is 0.591. The number of aryl methyl sites for hydroxylation is 1. The normalized spacial score (nSPS) is 32.2. The number of benzene rings is 1. The Kier molecular flexibility index (Phi) is 5.74. The molecule has 0 radical (unpaired) electrons. The summed E-state index contributed by atoms with van der Waals surface area (Å²) < 4.78 is 11.5. The molecule has 1 aromatic carbocycles. The van der Waals surface area contributed by atoms with Crippen molar-refractivity contribution < 1.29 is 29.0 Å². The van der Waals surface area contributed by atoms with Gasteiger partial charge in [0.1, 0.15) is 11.6 Å². The standard InChI is InChI=1S/C22H27ClN2O6/c1-4-30-21(29)15-14-8-9-22(31-14)16(15)20(28)25(12(3)10-26)18(22)19(27)24-17-11(2)6-5-7-13(17)23/h5-7,12,14-16,18,26H,4,8-10H2,1-3H3,(H,24,27)/t12-,14+,15-,16-,18+,22-/m1/s1. The van der Waals surface area contributed by atoms with Crippen molar-refractivity contribution >= 4 is 35.1 Å². The van der Waals surface area contributed by atoms with E-state index in [1.807, 2.05) is 13.0 Å². The number of para-hydroxylation sites is 1. The highest BCUT2D eigenvalue weighted by molar-refractivity contribution is 6.34. The van der Waals surface area contributed by atoms with Crippen LogP contribution in [-0.4, -0.2) is 64.8 Å². The summed E-state index contributed by atoms with van der Waals surface area (Å²) in [4.78, 5) is 41.2. The predicted molar refractivity (Wildman–Crippen MR) is 112 cm³/mol. The van der Waals surface area contributed by atoms with Crippen molar-refractivity contribution in [3.8, 4) is 0 Å². The van der Waals surface area contributed by atoms with E-state index in [9.17, 15) is 19.5 Å². The summed E-state index contributed by atoms with van der Waals surface area (Å²) in [6, 6.07) is 3.67. The van der Waals surface area contributed by atoms with Gasteiger partial charge in [-0.2, -0.15) is 0 Å². The average Bonchev–Trinajstić information content (AvgIpc) is 3.37. The first-order chi connectivity index (χ1) is 14.8. The van der Waals surface area contributed by atoms with E-state index >= 15 is 0 Å². The first-order valence-electron chi connectivity index (χ1n) is 10.6. The maximum atomic E-state index is 13.6.